The summed E-state index contributed by atoms with van der Waals surface area (Å²) in [6, 6.07) is 7.43. The zero-order valence-electron chi connectivity index (χ0n) is 11.5. The first-order valence-corrected chi connectivity index (χ1v) is 6.20. The average molecular weight is 264 g/mol. The van der Waals surface area contributed by atoms with Crippen molar-refractivity contribution < 1.29 is 14.3 Å². The Hall–Kier alpha value is -2.04. The number of carbonyl (C=O) groups is 2. The van der Waals surface area contributed by atoms with E-state index in [1.54, 1.807) is 7.11 Å². The monoisotopic (exact) mass is 264 g/mol. The van der Waals surface area contributed by atoms with Crippen LogP contribution in [0.25, 0.3) is 0 Å². The van der Waals surface area contributed by atoms with E-state index in [1.807, 2.05) is 38.1 Å². The number of ether oxygens (including phenoxy) is 1. The van der Waals surface area contributed by atoms with Gasteiger partial charge in [-0.25, -0.2) is 0 Å². The maximum Gasteiger partial charge on any atom is 0.229 e. The lowest BCUT2D eigenvalue weighted by Gasteiger charge is -2.09. The van der Waals surface area contributed by atoms with Gasteiger partial charge in [-0.15, -0.1) is 0 Å². The molecule has 1 aromatic rings. The molecule has 0 spiro atoms. The van der Waals surface area contributed by atoms with Crippen LogP contribution in [0.4, 0.5) is 0 Å². The molecule has 2 N–H and O–H groups in total. The van der Waals surface area contributed by atoms with Crippen LogP contribution in [0.5, 0.6) is 5.75 Å². The van der Waals surface area contributed by atoms with Crippen molar-refractivity contribution in [1.29, 1.82) is 0 Å². The highest BCUT2D eigenvalue weighted by Gasteiger charge is 2.09. The van der Waals surface area contributed by atoms with Crippen LogP contribution in [0.3, 0.4) is 0 Å². The predicted octanol–water partition coefficient (Wildman–Crippen LogP) is 1.23. The molecule has 5 heteroatoms. The van der Waals surface area contributed by atoms with Crippen molar-refractivity contribution in [2.45, 2.75) is 32.9 Å². The molecule has 0 unspecified atom stereocenters. The van der Waals surface area contributed by atoms with Crippen molar-refractivity contribution in [1.82, 2.24) is 10.6 Å². The van der Waals surface area contributed by atoms with Gasteiger partial charge in [-0.2, -0.15) is 0 Å². The first-order chi connectivity index (χ1) is 9.01. The molecule has 0 saturated carbocycles. The maximum absolute atomic E-state index is 11.5. The van der Waals surface area contributed by atoms with E-state index in [-0.39, 0.29) is 24.3 Å². The van der Waals surface area contributed by atoms with Gasteiger partial charge < -0.3 is 15.4 Å². The Labute approximate surface area is 113 Å². The minimum absolute atomic E-state index is 0.0434. The molecule has 5 nitrogen and oxygen atoms in total. The molecule has 104 valence electrons. The predicted molar refractivity (Wildman–Crippen MR) is 72.7 cm³/mol. The number of rotatable bonds is 6. The third-order valence-electron chi connectivity index (χ3n) is 2.42. The number of hydrogen-bond acceptors (Lipinski definition) is 3. The third kappa shape index (κ3) is 5.90. The molecule has 0 heterocycles. The van der Waals surface area contributed by atoms with Crippen molar-refractivity contribution in [3.63, 3.8) is 0 Å². The Kier molecular flexibility index (Phi) is 5.85. The summed E-state index contributed by atoms with van der Waals surface area (Å²) in [6.45, 7) is 4.11. The molecule has 0 aliphatic rings. The molecule has 0 atom stereocenters. The highest BCUT2D eigenvalue weighted by atomic mass is 16.5. The summed E-state index contributed by atoms with van der Waals surface area (Å²) in [4.78, 5) is 22.9. The van der Waals surface area contributed by atoms with Crippen LogP contribution in [0.2, 0.25) is 0 Å². The third-order valence-corrected chi connectivity index (χ3v) is 2.42. The van der Waals surface area contributed by atoms with Gasteiger partial charge >= 0.3 is 0 Å². The normalized spacial score (nSPS) is 10.1. The lowest BCUT2D eigenvalue weighted by molar-refractivity contribution is -0.129. The highest BCUT2D eigenvalue weighted by Crippen LogP contribution is 2.10. The van der Waals surface area contributed by atoms with Crippen molar-refractivity contribution in [3.8, 4) is 5.75 Å². The van der Waals surface area contributed by atoms with E-state index < -0.39 is 0 Å². The molecule has 0 aromatic heterocycles. The fourth-order valence-electron chi connectivity index (χ4n) is 1.53. The van der Waals surface area contributed by atoms with Gasteiger partial charge in [0.2, 0.25) is 11.8 Å². The smallest absolute Gasteiger partial charge is 0.229 e. The topological polar surface area (TPSA) is 67.4 Å². The first-order valence-electron chi connectivity index (χ1n) is 6.20. The molecule has 0 radical (unpaired) electrons. The SMILES string of the molecule is COc1ccc(CNC(=O)CC(=O)NC(C)C)cc1. The lowest BCUT2D eigenvalue weighted by atomic mass is 10.2. The Bertz CT molecular complexity index is 427. The van der Waals surface area contributed by atoms with Crippen LogP contribution in [0.15, 0.2) is 24.3 Å². The molecular formula is C14H20N2O3. The van der Waals surface area contributed by atoms with Gasteiger partial charge in [-0.1, -0.05) is 12.1 Å². The molecule has 0 saturated heterocycles. The fraction of sp³-hybridized carbons (Fsp3) is 0.429. The molecule has 0 aliphatic carbocycles. The molecule has 1 aromatic carbocycles. The summed E-state index contributed by atoms with van der Waals surface area (Å²) < 4.78 is 5.04. The molecule has 2 amide bonds. The standard InChI is InChI=1S/C14H20N2O3/c1-10(2)16-14(18)8-13(17)15-9-11-4-6-12(19-3)7-5-11/h4-7,10H,8-9H2,1-3H3,(H,15,17)(H,16,18). The Morgan fingerprint density at radius 2 is 1.79 bits per heavy atom. The van der Waals surface area contributed by atoms with Crippen molar-refractivity contribution in [2.24, 2.45) is 0 Å². The Morgan fingerprint density at radius 3 is 2.32 bits per heavy atom. The summed E-state index contributed by atoms with van der Waals surface area (Å²) in [5, 5.41) is 5.37. The zero-order valence-corrected chi connectivity index (χ0v) is 11.5. The summed E-state index contributed by atoms with van der Waals surface area (Å²) >= 11 is 0. The van der Waals surface area contributed by atoms with Crippen LogP contribution >= 0.6 is 0 Å². The molecular weight excluding hydrogens is 244 g/mol. The quantitative estimate of drug-likeness (QED) is 0.759. The molecule has 0 aliphatic heterocycles. The number of nitrogens with one attached hydrogen (secondary N) is 2. The summed E-state index contributed by atoms with van der Waals surface area (Å²) in [5.41, 5.74) is 0.957. The van der Waals surface area contributed by atoms with E-state index >= 15 is 0 Å². The van der Waals surface area contributed by atoms with Crippen molar-refractivity contribution >= 4 is 11.8 Å². The largest absolute Gasteiger partial charge is 0.497 e. The average Bonchev–Trinajstić information content (AvgIpc) is 2.36. The highest BCUT2D eigenvalue weighted by molar-refractivity contribution is 5.96. The van der Waals surface area contributed by atoms with E-state index in [4.69, 9.17) is 4.74 Å². The molecule has 19 heavy (non-hydrogen) atoms. The Morgan fingerprint density at radius 1 is 1.16 bits per heavy atom. The van der Waals surface area contributed by atoms with Crippen LogP contribution < -0.4 is 15.4 Å². The van der Waals surface area contributed by atoms with Gasteiger partial charge in [0.05, 0.1) is 7.11 Å². The number of carbonyl (C=O) groups excluding carboxylic acids is 2. The van der Waals surface area contributed by atoms with Crippen LogP contribution in [-0.4, -0.2) is 25.0 Å². The van der Waals surface area contributed by atoms with E-state index in [2.05, 4.69) is 10.6 Å². The lowest BCUT2D eigenvalue weighted by Crippen LogP contribution is -2.35. The van der Waals surface area contributed by atoms with Gasteiger partial charge in [0.25, 0.3) is 0 Å². The number of benzene rings is 1. The Balaban J connectivity index is 2.35. The van der Waals surface area contributed by atoms with Gasteiger partial charge in [0, 0.05) is 12.6 Å². The number of amides is 2. The fourth-order valence-corrected chi connectivity index (χ4v) is 1.53. The second-order valence-corrected chi connectivity index (χ2v) is 4.52. The van der Waals surface area contributed by atoms with E-state index in [9.17, 15) is 9.59 Å². The van der Waals surface area contributed by atoms with Gasteiger partial charge in [0.15, 0.2) is 0 Å². The molecule has 0 bridgehead atoms. The minimum atomic E-state index is -0.283. The second kappa shape index (κ2) is 7.41. The summed E-state index contributed by atoms with van der Waals surface area (Å²) in [7, 11) is 1.60. The number of methoxy groups -OCH3 is 1. The summed E-state index contributed by atoms with van der Waals surface area (Å²) in [6.07, 6.45) is -0.145. The van der Waals surface area contributed by atoms with E-state index in [1.165, 1.54) is 0 Å². The second-order valence-electron chi connectivity index (χ2n) is 4.52. The van der Waals surface area contributed by atoms with Gasteiger partial charge in [-0.05, 0) is 31.5 Å². The van der Waals surface area contributed by atoms with Gasteiger partial charge in [0.1, 0.15) is 12.2 Å². The van der Waals surface area contributed by atoms with Crippen LogP contribution in [-0.2, 0) is 16.1 Å². The van der Waals surface area contributed by atoms with Gasteiger partial charge in [-0.3, -0.25) is 9.59 Å². The van der Waals surface area contributed by atoms with E-state index in [0.717, 1.165) is 11.3 Å². The zero-order chi connectivity index (χ0) is 14.3. The molecule has 1 rings (SSSR count). The first kappa shape index (κ1) is 15.0. The minimum Gasteiger partial charge on any atom is -0.497 e. The van der Waals surface area contributed by atoms with Crippen molar-refractivity contribution in [2.75, 3.05) is 7.11 Å². The van der Waals surface area contributed by atoms with Crippen molar-refractivity contribution in [3.05, 3.63) is 29.8 Å². The van der Waals surface area contributed by atoms with Crippen LogP contribution in [0.1, 0.15) is 25.8 Å². The number of hydrogen-bond donors (Lipinski definition) is 2. The van der Waals surface area contributed by atoms with E-state index in [0.29, 0.717) is 6.54 Å². The maximum atomic E-state index is 11.5. The summed E-state index contributed by atoms with van der Waals surface area (Å²) in [5.74, 6) is 0.225. The molecule has 0 fully saturated rings. The van der Waals surface area contributed by atoms with Crippen LogP contribution in [0, 0.1) is 0 Å².